The molecule has 0 saturated heterocycles. The minimum absolute atomic E-state index is 0.0681. The molecule has 4 nitrogen and oxygen atoms in total. The third-order valence-corrected chi connectivity index (χ3v) is 5.71. The van der Waals surface area contributed by atoms with E-state index in [1.807, 2.05) is 20.8 Å². The van der Waals surface area contributed by atoms with Crippen LogP contribution in [0.15, 0.2) is 36.4 Å². The van der Waals surface area contributed by atoms with E-state index in [0.717, 1.165) is 11.6 Å². The van der Waals surface area contributed by atoms with Gasteiger partial charge in [-0.1, -0.05) is 49.7 Å². The van der Waals surface area contributed by atoms with Crippen LogP contribution in [0, 0.1) is 18.6 Å². The number of rotatable bonds is 8. The Morgan fingerprint density at radius 1 is 1.03 bits per heavy atom. The quantitative estimate of drug-likeness (QED) is 0.230. The van der Waals surface area contributed by atoms with E-state index in [0.29, 0.717) is 5.56 Å². The van der Waals surface area contributed by atoms with Crippen molar-refractivity contribution in [2.75, 3.05) is 6.61 Å². The van der Waals surface area contributed by atoms with Gasteiger partial charge in [0.2, 0.25) is 5.82 Å². The fourth-order valence-electron chi connectivity index (χ4n) is 3.10. The number of benzene rings is 2. The fourth-order valence-corrected chi connectivity index (χ4v) is 3.87. The van der Waals surface area contributed by atoms with Crippen LogP contribution in [-0.4, -0.2) is 16.9 Å². The van der Waals surface area contributed by atoms with Gasteiger partial charge in [-0.05, 0) is 43.4 Å². The predicted octanol–water partition coefficient (Wildman–Crippen LogP) is 7.52. The van der Waals surface area contributed by atoms with Crippen molar-refractivity contribution in [2.24, 2.45) is 0 Å². The van der Waals surface area contributed by atoms with Crippen LogP contribution < -0.4 is 4.74 Å². The van der Waals surface area contributed by atoms with Gasteiger partial charge in [-0.25, -0.2) is 4.39 Å². The Balaban J connectivity index is 0.00000210. The molecule has 0 fully saturated rings. The molecule has 0 saturated carbocycles. The number of hydrogen-bond acceptors (Lipinski definition) is 5. The summed E-state index contributed by atoms with van der Waals surface area (Å²) in [6.07, 6.45) is -4.91. The summed E-state index contributed by atoms with van der Waals surface area (Å²) >= 11 is 0.274. The molecule has 0 bridgehead atoms. The Hall–Kier alpha value is -3.01. The van der Waals surface area contributed by atoms with Crippen molar-refractivity contribution in [3.63, 3.8) is 0 Å². The van der Waals surface area contributed by atoms with Gasteiger partial charge < -0.3 is 9.47 Å². The molecular weight excluding hydrogens is 489 g/mol. The molecule has 0 spiro atoms. The molecule has 1 aromatic heterocycles. The highest BCUT2D eigenvalue weighted by atomic mass is 32.1. The van der Waals surface area contributed by atoms with Crippen LogP contribution in [0.4, 0.5) is 22.0 Å². The second-order valence-corrected chi connectivity index (χ2v) is 7.92. The molecule has 0 unspecified atom stereocenters. The lowest BCUT2D eigenvalue weighted by Gasteiger charge is -2.13. The number of carbonyl (C=O) groups is 1. The van der Waals surface area contributed by atoms with Gasteiger partial charge in [0.1, 0.15) is 11.5 Å². The molecular formula is C25H26F5NO3S. The highest BCUT2D eigenvalue weighted by Crippen LogP contribution is 2.40. The number of hydrogen-bond donors (Lipinski definition) is 0. The summed E-state index contributed by atoms with van der Waals surface area (Å²) in [6.45, 7) is 6.98. The molecule has 2 aromatic carbocycles. The van der Waals surface area contributed by atoms with E-state index in [9.17, 15) is 26.7 Å². The third kappa shape index (κ3) is 7.24. The zero-order valence-electron chi connectivity index (χ0n) is 19.8. The zero-order chi connectivity index (χ0) is 26.2. The largest absolute Gasteiger partial charge is 0.486 e. The Kier molecular flexibility index (Phi) is 10.2. The number of carbonyl (C=O) groups excluding carboxylic acids is 1. The van der Waals surface area contributed by atoms with Crippen LogP contribution in [0.25, 0.3) is 11.3 Å². The number of esters is 1. The lowest BCUT2D eigenvalue weighted by Crippen LogP contribution is -2.10. The van der Waals surface area contributed by atoms with Crippen molar-refractivity contribution in [3.05, 3.63) is 69.6 Å². The number of nitrogens with zero attached hydrogens (tertiary/aromatic N) is 1. The minimum Gasteiger partial charge on any atom is -0.486 e. The highest BCUT2D eigenvalue weighted by molar-refractivity contribution is 7.06. The Bertz CT molecular complexity index is 1130. The van der Waals surface area contributed by atoms with Crippen molar-refractivity contribution < 1.29 is 36.2 Å². The summed E-state index contributed by atoms with van der Waals surface area (Å²) in [4.78, 5) is 10.5. The molecule has 35 heavy (non-hydrogen) atoms. The maximum absolute atomic E-state index is 14.5. The molecule has 10 heteroatoms. The number of aromatic nitrogens is 1. The highest BCUT2D eigenvalue weighted by Gasteiger charge is 2.38. The smallest absolute Gasteiger partial charge is 0.427 e. The zero-order valence-corrected chi connectivity index (χ0v) is 20.6. The molecule has 0 amide bonds. The Labute approximate surface area is 204 Å². The van der Waals surface area contributed by atoms with Gasteiger partial charge >= 0.3 is 12.1 Å². The van der Waals surface area contributed by atoms with E-state index in [2.05, 4.69) is 4.37 Å². The van der Waals surface area contributed by atoms with E-state index >= 15 is 0 Å². The first-order chi connectivity index (χ1) is 16.6. The number of halogens is 5. The van der Waals surface area contributed by atoms with E-state index in [4.69, 9.17) is 9.47 Å². The van der Waals surface area contributed by atoms with Gasteiger partial charge in [0.15, 0.2) is 11.6 Å². The average Bonchev–Trinajstić information content (AvgIpc) is 3.26. The summed E-state index contributed by atoms with van der Waals surface area (Å²) in [6, 6.07) is 9.08. The second-order valence-electron chi connectivity index (χ2n) is 7.15. The monoisotopic (exact) mass is 515 g/mol. The van der Waals surface area contributed by atoms with Crippen molar-refractivity contribution in [1.82, 2.24) is 4.37 Å². The van der Waals surface area contributed by atoms with Crippen LogP contribution in [-0.2, 0) is 28.7 Å². The summed E-state index contributed by atoms with van der Waals surface area (Å²) in [5, 5.41) is 0. The van der Waals surface area contributed by atoms with Gasteiger partial charge in [-0.3, -0.25) is 4.79 Å². The Morgan fingerprint density at radius 2 is 1.69 bits per heavy atom. The lowest BCUT2D eigenvalue weighted by atomic mass is 10.0. The summed E-state index contributed by atoms with van der Waals surface area (Å²) in [5.41, 5.74) is 1.11. The van der Waals surface area contributed by atoms with Crippen LogP contribution in [0.3, 0.4) is 0 Å². The maximum Gasteiger partial charge on any atom is 0.427 e. The third-order valence-electron chi connectivity index (χ3n) is 4.77. The molecule has 0 radical (unpaired) electrons. The molecule has 0 aliphatic rings. The maximum atomic E-state index is 14.5. The van der Waals surface area contributed by atoms with Crippen molar-refractivity contribution in [3.8, 4) is 17.0 Å². The standard InChI is InChI=1S/C23H20F5NO3S.C2H6/c1-3-31-18(30)11-9-14-8-10-17(20(25)19(14)24)32-12-16-21(15-6-4-13(2)5-7-15)29-33-22(16)23(26,27)28;1-2/h4-8,10H,3,9,11-12H2,1-2H3;1-2H3. The van der Waals surface area contributed by atoms with Crippen LogP contribution in [0.2, 0.25) is 0 Å². The van der Waals surface area contributed by atoms with Crippen LogP contribution >= 0.6 is 11.5 Å². The first-order valence-corrected chi connectivity index (χ1v) is 11.8. The summed E-state index contributed by atoms with van der Waals surface area (Å²) < 4.78 is 83.4. The van der Waals surface area contributed by atoms with E-state index in [1.165, 1.54) is 6.07 Å². The molecule has 0 aliphatic carbocycles. The topological polar surface area (TPSA) is 48.4 Å². The van der Waals surface area contributed by atoms with Gasteiger partial charge in [0, 0.05) is 17.5 Å². The van der Waals surface area contributed by atoms with Gasteiger partial charge in [-0.2, -0.15) is 21.9 Å². The number of aryl methyl sites for hydroxylation is 2. The lowest BCUT2D eigenvalue weighted by molar-refractivity contribution is -0.143. The second kappa shape index (κ2) is 12.6. The van der Waals surface area contributed by atoms with Gasteiger partial charge in [-0.15, -0.1) is 0 Å². The molecule has 3 aromatic rings. The minimum atomic E-state index is -4.68. The predicted molar refractivity (Wildman–Crippen MR) is 124 cm³/mol. The molecule has 1 heterocycles. The van der Waals surface area contributed by atoms with Gasteiger partial charge in [0.25, 0.3) is 0 Å². The first-order valence-electron chi connectivity index (χ1n) is 11.0. The van der Waals surface area contributed by atoms with Crippen molar-refractivity contribution >= 4 is 17.5 Å². The molecule has 0 aliphatic heterocycles. The SMILES string of the molecule is CC.CCOC(=O)CCc1ccc(OCc2c(-c3ccc(C)cc3)nsc2C(F)(F)F)c(F)c1F. The van der Waals surface area contributed by atoms with Crippen LogP contribution in [0.1, 0.15) is 48.8 Å². The number of ether oxygens (including phenoxy) is 2. The van der Waals surface area contributed by atoms with E-state index < -0.39 is 41.0 Å². The Morgan fingerprint density at radius 3 is 2.29 bits per heavy atom. The summed E-state index contributed by atoms with van der Waals surface area (Å²) in [7, 11) is 0. The number of alkyl halides is 3. The van der Waals surface area contributed by atoms with Gasteiger partial charge in [0.05, 0.1) is 12.3 Å². The van der Waals surface area contributed by atoms with Crippen LogP contribution in [0.5, 0.6) is 5.75 Å². The van der Waals surface area contributed by atoms with Crippen molar-refractivity contribution in [1.29, 1.82) is 0 Å². The van der Waals surface area contributed by atoms with Crippen molar-refractivity contribution in [2.45, 2.75) is 53.3 Å². The van der Waals surface area contributed by atoms with E-state index in [-0.39, 0.29) is 47.8 Å². The molecule has 0 atom stereocenters. The first kappa shape index (κ1) is 28.2. The molecule has 190 valence electrons. The average molecular weight is 516 g/mol. The molecule has 3 rings (SSSR count). The van der Waals surface area contributed by atoms with E-state index in [1.54, 1.807) is 31.2 Å². The normalized spacial score (nSPS) is 11.0. The fraction of sp³-hybridized carbons (Fsp3) is 0.360. The molecule has 0 N–H and O–H groups in total. The summed E-state index contributed by atoms with van der Waals surface area (Å²) in [5.74, 6) is -3.66.